The Balaban J connectivity index is 1.02. The molecule has 82 heavy (non-hydrogen) atoms. The maximum absolute atomic E-state index is 2.49. The molecule has 0 saturated heterocycles. The van der Waals surface area contributed by atoms with E-state index in [9.17, 15) is 0 Å². The van der Waals surface area contributed by atoms with Crippen molar-refractivity contribution in [1.82, 2.24) is 0 Å². The Hall–Kier alpha value is -10.8. The smallest absolute Gasteiger partial charge is 0.0462 e. The zero-order chi connectivity index (χ0) is 54.3. The fraction of sp³-hybridized carbons (Fsp3) is 0. The van der Waals surface area contributed by atoms with Crippen LogP contribution in [-0.4, -0.2) is 0 Å². The molecule has 0 aliphatic heterocycles. The van der Waals surface area contributed by atoms with Crippen LogP contribution in [0.1, 0.15) is 0 Å². The molecule has 384 valence electrons. The first-order chi connectivity index (χ1) is 40.7. The predicted molar refractivity (Wildman–Crippen MR) is 351 cm³/mol. The van der Waals surface area contributed by atoms with Crippen molar-refractivity contribution in [3.63, 3.8) is 0 Å². The first kappa shape index (κ1) is 48.3. The molecule has 0 spiro atoms. The summed E-state index contributed by atoms with van der Waals surface area (Å²) in [7, 11) is 0. The molecule has 0 saturated carbocycles. The summed E-state index contributed by atoms with van der Waals surface area (Å²) in [5, 5.41) is 12.3. The highest BCUT2D eigenvalue weighted by atomic mass is 15.1. The number of benzene rings is 15. The number of hydrogen-bond donors (Lipinski definition) is 0. The van der Waals surface area contributed by atoms with E-state index in [1.807, 2.05) is 0 Å². The van der Waals surface area contributed by atoms with Crippen LogP contribution < -0.4 is 9.80 Å². The molecule has 0 aromatic heterocycles. The van der Waals surface area contributed by atoms with E-state index in [2.05, 4.69) is 337 Å². The van der Waals surface area contributed by atoms with Gasteiger partial charge in [0.1, 0.15) is 0 Å². The summed E-state index contributed by atoms with van der Waals surface area (Å²) in [4.78, 5) is 4.68. The number of rotatable bonds is 11. The van der Waals surface area contributed by atoms with Gasteiger partial charge in [-0.2, -0.15) is 0 Å². The zero-order valence-corrected chi connectivity index (χ0v) is 45.1. The summed E-state index contributed by atoms with van der Waals surface area (Å²) in [6.07, 6.45) is 0. The number of nitrogens with zero attached hydrogens (tertiary/aromatic N) is 2. The Morgan fingerprint density at radius 3 is 0.915 bits per heavy atom. The Bertz CT molecular complexity index is 4660. The van der Waals surface area contributed by atoms with Gasteiger partial charge in [-0.15, -0.1) is 0 Å². The SMILES string of the molecule is c1ccc(-c2cc(-c3ccc(N(c4ccccc4)c4ccccc4)cc3)c3c4ccccc4c4cc(-c5c6ccccc6c(-c6ccccc6)c6ccccc56)ccc4c3c2-c2ccc(N(c3ccccc3)c3ccccc3)cc2)cc1. The van der Waals surface area contributed by atoms with Gasteiger partial charge >= 0.3 is 0 Å². The molecule has 0 heterocycles. The highest BCUT2D eigenvalue weighted by Gasteiger charge is 2.25. The van der Waals surface area contributed by atoms with Crippen molar-refractivity contribution in [3.8, 4) is 55.6 Å². The number of anilines is 6. The maximum Gasteiger partial charge on any atom is 0.0462 e. The molecular weight excluding hydrogens is 989 g/mol. The van der Waals surface area contributed by atoms with Crippen LogP contribution in [0.25, 0.3) is 109 Å². The van der Waals surface area contributed by atoms with Gasteiger partial charge in [0.25, 0.3) is 0 Å². The molecule has 0 unspecified atom stereocenters. The second-order valence-electron chi connectivity index (χ2n) is 21.1. The van der Waals surface area contributed by atoms with Crippen molar-refractivity contribution in [2.24, 2.45) is 0 Å². The Labute approximate surface area is 478 Å². The van der Waals surface area contributed by atoms with E-state index < -0.39 is 0 Å². The Morgan fingerprint density at radius 2 is 0.463 bits per heavy atom. The lowest BCUT2D eigenvalue weighted by Gasteiger charge is -2.26. The lowest BCUT2D eigenvalue weighted by molar-refractivity contribution is 1.28. The lowest BCUT2D eigenvalue weighted by Crippen LogP contribution is -2.09. The van der Waals surface area contributed by atoms with Gasteiger partial charge in [0.15, 0.2) is 0 Å². The summed E-state index contributed by atoms with van der Waals surface area (Å²) in [6.45, 7) is 0. The summed E-state index contributed by atoms with van der Waals surface area (Å²) in [5.74, 6) is 0. The second kappa shape index (κ2) is 20.8. The number of hydrogen-bond acceptors (Lipinski definition) is 2. The van der Waals surface area contributed by atoms with E-state index >= 15 is 0 Å². The first-order valence-electron chi connectivity index (χ1n) is 28.2. The third-order valence-electron chi connectivity index (χ3n) is 16.4. The molecule has 2 heteroatoms. The van der Waals surface area contributed by atoms with E-state index in [0.29, 0.717) is 0 Å². The van der Waals surface area contributed by atoms with Crippen LogP contribution >= 0.6 is 0 Å². The highest BCUT2D eigenvalue weighted by molar-refractivity contribution is 6.34. The van der Waals surface area contributed by atoms with Crippen molar-refractivity contribution >= 4 is 88.0 Å². The van der Waals surface area contributed by atoms with Crippen LogP contribution in [-0.2, 0) is 0 Å². The minimum absolute atomic E-state index is 1.08. The zero-order valence-electron chi connectivity index (χ0n) is 45.1. The van der Waals surface area contributed by atoms with Gasteiger partial charge in [-0.1, -0.05) is 243 Å². The monoisotopic (exact) mass is 1040 g/mol. The van der Waals surface area contributed by atoms with Gasteiger partial charge in [-0.05, 0) is 194 Å². The van der Waals surface area contributed by atoms with Crippen molar-refractivity contribution in [1.29, 1.82) is 0 Å². The molecule has 0 bridgehead atoms. The molecule has 0 radical (unpaired) electrons. The fourth-order valence-corrected chi connectivity index (χ4v) is 12.8. The molecule has 0 atom stereocenters. The van der Waals surface area contributed by atoms with Crippen molar-refractivity contribution < 1.29 is 0 Å². The summed E-state index contributed by atoms with van der Waals surface area (Å²) in [6, 6.07) is 120. The van der Waals surface area contributed by atoms with Crippen molar-refractivity contribution in [2.45, 2.75) is 0 Å². The second-order valence-corrected chi connectivity index (χ2v) is 21.1. The molecule has 0 amide bonds. The molecule has 0 N–H and O–H groups in total. The summed E-state index contributed by atoms with van der Waals surface area (Å²) in [5.41, 5.74) is 18.5. The van der Waals surface area contributed by atoms with Gasteiger partial charge < -0.3 is 9.80 Å². The Morgan fingerprint density at radius 1 is 0.159 bits per heavy atom. The molecule has 15 rings (SSSR count). The third-order valence-corrected chi connectivity index (χ3v) is 16.4. The van der Waals surface area contributed by atoms with Gasteiger partial charge in [-0.3, -0.25) is 0 Å². The van der Waals surface area contributed by atoms with Gasteiger partial charge in [0.2, 0.25) is 0 Å². The molecule has 0 aliphatic rings. The summed E-state index contributed by atoms with van der Waals surface area (Å²) < 4.78 is 0. The maximum atomic E-state index is 2.49. The average molecular weight is 1040 g/mol. The highest BCUT2D eigenvalue weighted by Crippen LogP contribution is 2.52. The molecular formula is C80H54N2. The minimum Gasteiger partial charge on any atom is -0.311 e. The molecule has 2 nitrogen and oxygen atoms in total. The predicted octanol–water partition coefficient (Wildman–Crippen LogP) is 22.7. The van der Waals surface area contributed by atoms with Gasteiger partial charge in [0.05, 0.1) is 0 Å². The Kier molecular flexibility index (Phi) is 12.2. The largest absolute Gasteiger partial charge is 0.311 e. The molecule has 15 aromatic carbocycles. The number of fused-ring (bicyclic) bond motifs is 8. The van der Waals surface area contributed by atoms with Crippen LogP contribution in [0.2, 0.25) is 0 Å². The number of para-hydroxylation sites is 4. The first-order valence-corrected chi connectivity index (χ1v) is 28.2. The topological polar surface area (TPSA) is 6.48 Å². The van der Waals surface area contributed by atoms with E-state index in [4.69, 9.17) is 0 Å². The van der Waals surface area contributed by atoms with E-state index in [1.165, 1.54) is 92.8 Å². The van der Waals surface area contributed by atoms with Crippen LogP contribution in [0.5, 0.6) is 0 Å². The molecule has 0 fully saturated rings. The summed E-state index contributed by atoms with van der Waals surface area (Å²) >= 11 is 0. The molecule has 15 aromatic rings. The van der Waals surface area contributed by atoms with Crippen LogP contribution in [0, 0.1) is 0 Å². The van der Waals surface area contributed by atoms with Crippen LogP contribution in [0.15, 0.2) is 328 Å². The van der Waals surface area contributed by atoms with Crippen molar-refractivity contribution in [3.05, 3.63) is 328 Å². The standard InChI is InChI=1S/C80H54N2/c1-7-25-55(26-8-1)73-54-74(56-43-48-64(49-44-56)81(60-29-11-3-12-30-60)61-31-13-4-14-32-61)79-67-38-20-19-37-66(67)75-53-59(77-70-41-23-21-39-68(70)76(57-27-9-2-10-28-57)69-40-22-24-42-71(69)77)47-52-72(75)80(79)78(73)58-45-50-65(51-46-58)82(62-33-15-5-16-34-62)63-35-17-6-18-36-63/h1-54H. The van der Waals surface area contributed by atoms with Gasteiger partial charge in [0, 0.05) is 34.1 Å². The minimum atomic E-state index is 1.08. The quantitative estimate of drug-likeness (QED) is 0.0941. The van der Waals surface area contributed by atoms with E-state index in [1.54, 1.807) is 0 Å². The average Bonchev–Trinajstić information content (AvgIpc) is 2.30. The van der Waals surface area contributed by atoms with E-state index in [-0.39, 0.29) is 0 Å². The van der Waals surface area contributed by atoms with Gasteiger partial charge in [-0.25, -0.2) is 0 Å². The molecule has 0 aliphatic carbocycles. The fourth-order valence-electron chi connectivity index (χ4n) is 12.8. The van der Waals surface area contributed by atoms with Crippen LogP contribution in [0.3, 0.4) is 0 Å². The lowest BCUT2D eigenvalue weighted by atomic mass is 9.80. The van der Waals surface area contributed by atoms with Crippen molar-refractivity contribution in [2.75, 3.05) is 9.80 Å². The van der Waals surface area contributed by atoms with E-state index in [0.717, 1.165) is 50.8 Å². The third kappa shape index (κ3) is 8.45. The van der Waals surface area contributed by atoms with Crippen LogP contribution in [0.4, 0.5) is 34.1 Å². The normalized spacial score (nSPS) is 11.4.